The predicted molar refractivity (Wildman–Crippen MR) is 90.5 cm³/mol. The molecule has 2 amide bonds. The maximum absolute atomic E-state index is 12.3. The average molecular weight is 320 g/mol. The molecule has 2 rings (SSSR count). The second-order valence-electron chi connectivity index (χ2n) is 6.62. The normalized spacial score (nSPS) is 22.5. The number of aliphatic hydroxyl groups is 1. The van der Waals surface area contributed by atoms with Crippen molar-refractivity contribution in [1.82, 2.24) is 10.6 Å². The maximum Gasteiger partial charge on any atom is 0.315 e. The van der Waals surface area contributed by atoms with Crippen molar-refractivity contribution in [1.29, 1.82) is 0 Å². The Balaban J connectivity index is 1.94. The molecule has 1 aliphatic carbocycles. The van der Waals surface area contributed by atoms with Crippen molar-refractivity contribution in [3.63, 3.8) is 0 Å². The van der Waals surface area contributed by atoms with Gasteiger partial charge in [0, 0.05) is 6.04 Å². The Hall–Kier alpha value is -1.75. The molecule has 1 fully saturated rings. The first-order valence-electron chi connectivity index (χ1n) is 8.38. The van der Waals surface area contributed by atoms with Crippen molar-refractivity contribution in [2.24, 2.45) is 5.92 Å². The standard InChI is InChI=1S/C18H28N2O3/c1-12(2)17(13-4-10-16(23-3)11-5-13)20-18(22)19-14-6-8-15(21)9-7-14/h4-5,10-12,14-15,17,21H,6-9H2,1-3H3,(H2,19,20,22). The first kappa shape index (κ1) is 17.6. The number of carbonyl (C=O) groups excluding carboxylic acids is 1. The number of hydrogen-bond acceptors (Lipinski definition) is 3. The predicted octanol–water partition coefficient (Wildman–Crippen LogP) is 3.00. The van der Waals surface area contributed by atoms with Gasteiger partial charge in [-0.05, 0) is 49.3 Å². The van der Waals surface area contributed by atoms with E-state index in [0.717, 1.165) is 37.0 Å². The van der Waals surface area contributed by atoms with Crippen LogP contribution in [0.3, 0.4) is 0 Å². The molecule has 1 aliphatic rings. The number of benzene rings is 1. The van der Waals surface area contributed by atoms with Gasteiger partial charge in [0.2, 0.25) is 0 Å². The summed E-state index contributed by atoms with van der Waals surface area (Å²) in [6.45, 7) is 4.18. The molecule has 1 atom stereocenters. The van der Waals surface area contributed by atoms with Crippen LogP contribution in [0.15, 0.2) is 24.3 Å². The van der Waals surface area contributed by atoms with E-state index in [9.17, 15) is 9.90 Å². The zero-order chi connectivity index (χ0) is 16.8. The fourth-order valence-electron chi connectivity index (χ4n) is 3.03. The highest BCUT2D eigenvalue weighted by Gasteiger charge is 2.23. The Morgan fingerprint density at radius 3 is 2.30 bits per heavy atom. The van der Waals surface area contributed by atoms with Gasteiger partial charge < -0.3 is 20.5 Å². The number of aliphatic hydroxyl groups excluding tert-OH is 1. The van der Waals surface area contributed by atoms with E-state index in [-0.39, 0.29) is 30.1 Å². The first-order valence-corrected chi connectivity index (χ1v) is 8.38. The van der Waals surface area contributed by atoms with Crippen molar-refractivity contribution >= 4 is 6.03 Å². The molecule has 5 heteroatoms. The highest BCUT2D eigenvalue weighted by atomic mass is 16.5. The number of nitrogens with one attached hydrogen (secondary N) is 2. The van der Waals surface area contributed by atoms with Crippen LogP contribution in [0.4, 0.5) is 4.79 Å². The molecule has 0 saturated heterocycles. The van der Waals surface area contributed by atoms with Gasteiger partial charge in [0.25, 0.3) is 0 Å². The Morgan fingerprint density at radius 1 is 1.17 bits per heavy atom. The molecule has 1 aromatic rings. The van der Waals surface area contributed by atoms with Crippen LogP contribution in [0.2, 0.25) is 0 Å². The zero-order valence-electron chi connectivity index (χ0n) is 14.2. The van der Waals surface area contributed by atoms with Crippen LogP contribution in [0.25, 0.3) is 0 Å². The summed E-state index contributed by atoms with van der Waals surface area (Å²) in [5, 5.41) is 15.6. The van der Waals surface area contributed by atoms with Gasteiger partial charge >= 0.3 is 6.03 Å². The number of urea groups is 1. The van der Waals surface area contributed by atoms with E-state index in [1.165, 1.54) is 0 Å². The molecule has 3 N–H and O–H groups in total. The minimum absolute atomic E-state index is 0.0462. The quantitative estimate of drug-likeness (QED) is 0.781. The molecule has 0 heterocycles. The van der Waals surface area contributed by atoms with Crippen LogP contribution in [0, 0.1) is 5.92 Å². The summed E-state index contributed by atoms with van der Waals surface area (Å²) < 4.78 is 5.18. The third-order valence-corrected chi connectivity index (χ3v) is 4.46. The molecule has 0 spiro atoms. The largest absolute Gasteiger partial charge is 0.497 e. The number of rotatable bonds is 5. The third kappa shape index (κ3) is 5.13. The van der Waals surface area contributed by atoms with Gasteiger partial charge in [-0.15, -0.1) is 0 Å². The lowest BCUT2D eigenvalue weighted by molar-refractivity contribution is 0.117. The monoisotopic (exact) mass is 320 g/mol. The van der Waals surface area contributed by atoms with Gasteiger partial charge in [-0.1, -0.05) is 26.0 Å². The summed E-state index contributed by atoms with van der Waals surface area (Å²) in [5.41, 5.74) is 1.06. The molecule has 1 aromatic carbocycles. The van der Waals surface area contributed by atoms with Gasteiger partial charge in [0.05, 0.1) is 19.3 Å². The fourth-order valence-corrected chi connectivity index (χ4v) is 3.03. The smallest absolute Gasteiger partial charge is 0.315 e. The second-order valence-corrected chi connectivity index (χ2v) is 6.62. The number of amides is 2. The van der Waals surface area contributed by atoms with E-state index in [1.807, 2.05) is 24.3 Å². The molecule has 23 heavy (non-hydrogen) atoms. The van der Waals surface area contributed by atoms with Crippen LogP contribution in [0.1, 0.15) is 51.1 Å². The van der Waals surface area contributed by atoms with Crippen LogP contribution in [0.5, 0.6) is 5.75 Å². The van der Waals surface area contributed by atoms with Crippen molar-refractivity contribution < 1.29 is 14.6 Å². The van der Waals surface area contributed by atoms with Gasteiger partial charge in [-0.25, -0.2) is 4.79 Å². The minimum atomic E-state index is -0.209. The third-order valence-electron chi connectivity index (χ3n) is 4.46. The molecule has 0 aromatic heterocycles. The van der Waals surface area contributed by atoms with E-state index in [2.05, 4.69) is 24.5 Å². The van der Waals surface area contributed by atoms with Crippen molar-refractivity contribution in [3.05, 3.63) is 29.8 Å². The highest BCUT2D eigenvalue weighted by molar-refractivity contribution is 5.74. The molecule has 0 radical (unpaired) electrons. The van der Waals surface area contributed by atoms with Crippen LogP contribution < -0.4 is 15.4 Å². The molecular weight excluding hydrogens is 292 g/mol. The molecule has 1 unspecified atom stereocenters. The second kappa shape index (κ2) is 8.20. The van der Waals surface area contributed by atoms with E-state index in [1.54, 1.807) is 7.11 Å². The summed E-state index contributed by atoms with van der Waals surface area (Å²) in [6, 6.07) is 7.76. The molecule has 5 nitrogen and oxygen atoms in total. The van der Waals surface area contributed by atoms with Gasteiger partial charge in [0.1, 0.15) is 5.75 Å². The fraction of sp³-hybridized carbons (Fsp3) is 0.611. The Bertz CT molecular complexity index is 493. The van der Waals surface area contributed by atoms with Crippen LogP contribution in [-0.4, -0.2) is 30.4 Å². The summed E-state index contributed by atoms with van der Waals surface area (Å²) in [4.78, 5) is 12.3. The Kier molecular flexibility index (Phi) is 6.28. The Labute approximate surface area is 138 Å². The lowest BCUT2D eigenvalue weighted by atomic mass is 9.93. The van der Waals surface area contributed by atoms with Crippen molar-refractivity contribution in [3.8, 4) is 5.75 Å². The van der Waals surface area contributed by atoms with E-state index in [0.29, 0.717) is 0 Å². The summed E-state index contributed by atoms with van der Waals surface area (Å²) >= 11 is 0. The molecule has 0 aliphatic heterocycles. The van der Waals surface area contributed by atoms with Gasteiger partial charge in [-0.3, -0.25) is 0 Å². The van der Waals surface area contributed by atoms with Crippen molar-refractivity contribution in [2.45, 2.75) is 57.7 Å². The summed E-state index contributed by atoms with van der Waals surface area (Å²) in [5.74, 6) is 1.09. The average Bonchev–Trinajstić information content (AvgIpc) is 2.55. The number of ether oxygens (including phenoxy) is 1. The number of hydrogen-bond donors (Lipinski definition) is 3. The van der Waals surface area contributed by atoms with E-state index < -0.39 is 0 Å². The minimum Gasteiger partial charge on any atom is -0.497 e. The molecule has 1 saturated carbocycles. The van der Waals surface area contributed by atoms with Crippen molar-refractivity contribution in [2.75, 3.05) is 7.11 Å². The summed E-state index contributed by atoms with van der Waals surface area (Å²) in [6.07, 6.45) is 2.99. The van der Waals surface area contributed by atoms with Crippen LogP contribution >= 0.6 is 0 Å². The molecular formula is C18H28N2O3. The van der Waals surface area contributed by atoms with Gasteiger partial charge in [0.15, 0.2) is 0 Å². The molecule has 128 valence electrons. The SMILES string of the molecule is COc1ccc(C(NC(=O)NC2CCC(O)CC2)C(C)C)cc1. The lowest BCUT2D eigenvalue weighted by Crippen LogP contribution is -2.46. The number of carbonyl (C=O) groups is 1. The van der Waals surface area contributed by atoms with Gasteiger partial charge in [-0.2, -0.15) is 0 Å². The number of methoxy groups -OCH3 is 1. The highest BCUT2D eigenvalue weighted by Crippen LogP contribution is 2.24. The van der Waals surface area contributed by atoms with Crippen LogP contribution in [-0.2, 0) is 0 Å². The van der Waals surface area contributed by atoms with E-state index >= 15 is 0 Å². The summed E-state index contributed by atoms with van der Waals surface area (Å²) in [7, 11) is 1.64. The van der Waals surface area contributed by atoms with E-state index in [4.69, 9.17) is 4.74 Å². The Morgan fingerprint density at radius 2 is 1.78 bits per heavy atom. The zero-order valence-corrected chi connectivity index (χ0v) is 14.2. The lowest BCUT2D eigenvalue weighted by Gasteiger charge is -2.28. The topological polar surface area (TPSA) is 70.6 Å². The maximum atomic E-state index is 12.3. The first-order chi connectivity index (χ1) is 11.0. The molecule has 0 bridgehead atoms.